The highest BCUT2D eigenvalue weighted by atomic mass is 32.3. The molecule has 0 aromatic carbocycles. The lowest BCUT2D eigenvalue weighted by molar-refractivity contribution is -0.692. The van der Waals surface area contributed by atoms with Gasteiger partial charge >= 0.3 is 0 Å². The van der Waals surface area contributed by atoms with Gasteiger partial charge in [0.05, 0.1) is 13.1 Å². The predicted octanol–water partition coefficient (Wildman–Crippen LogP) is -0.694. The minimum Gasteiger partial charge on any atom is -0.759 e. The molecule has 2 heterocycles. The van der Waals surface area contributed by atoms with Crippen molar-refractivity contribution in [3.63, 3.8) is 0 Å². The predicted molar refractivity (Wildman–Crippen MR) is 63.8 cm³/mol. The second-order valence-electron chi connectivity index (χ2n) is 3.29. The van der Waals surface area contributed by atoms with Crippen molar-refractivity contribution in [3.05, 3.63) is 37.4 Å². The van der Waals surface area contributed by atoms with Crippen LogP contribution in [0.15, 0.2) is 37.4 Å². The molecular formula is C10H18N4O4S. The molecule has 0 radical (unpaired) electrons. The van der Waals surface area contributed by atoms with E-state index >= 15 is 0 Å². The van der Waals surface area contributed by atoms with Gasteiger partial charge < -0.3 is 9.11 Å². The largest absolute Gasteiger partial charge is 0.759 e. The summed E-state index contributed by atoms with van der Waals surface area (Å²) in [5.74, 6) is 0. The molecule has 0 aliphatic rings. The van der Waals surface area contributed by atoms with Crippen LogP contribution in [0, 0.1) is 0 Å². The SMILES string of the molecule is CC[n+]1cc[nH]c1.CC[n+]1cc[nH]c1.O=S(=O)([O-])[O-]. The third-order valence-electron chi connectivity index (χ3n) is 1.94. The Bertz CT molecular complexity index is 465. The lowest BCUT2D eigenvalue weighted by atomic mass is 10.7. The summed E-state index contributed by atoms with van der Waals surface area (Å²) in [6.07, 6.45) is 11.7. The summed E-state index contributed by atoms with van der Waals surface area (Å²) in [7, 11) is -5.17. The highest BCUT2D eigenvalue weighted by molar-refractivity contribution is 7.79. The van der Waals surface area contributed by atoms with Gasteiger partial charge in [-0.25, -0.2) is 9.13 Å². The molecule has 0 unspecified atom stereocenters. The van der Waals surface area contributed by atoms with Gasteiger partial charge in [-0.05, 0) is 13.8 Å². The number of aryl methyl sites for hydroxylation is 2. The zero-order valence-corrected chi connectivity index (χ0v) is 11.6. The van der Waals surface area contributed by atoms with Gasteiger partial charge in [-0.15, -0.1) is 0 Å². The van der Waals surface area contributed by atoms with E-state index in [4.69, 9.17) is 17.5 Å². The second-order valence-corrected chi connectivity index (χ2v) is 4.11. The lowest BCUT2D eigenvalue weighted by Crippen LogP contribution is -2.27. The maximum absolute atomic E-state index is 8.52. The number of rotatable bonds is 2. The van der Waals surface area contributed by atoms with Crippen molar-refractivity contribution in [1.82, 2.24) is 9.97 Å². The summed E-state index contributed by atoms with van der Waals surface area (Å²) < 4.78 is 38.2. The van der Waals surface area contributed by atoms with Gasteiger partial charge in [0.1, 0.15) is 24.8 Å². The third kappa shape index (κ3) is 12.5. The van der Waals surface area contributed by atoms with Gasteiger partial charge in [0.15, 0.2) is 0 Å². The summed E-state index contributed by atoms with van der Waals surface area (Å²) in [5, 5.41) is 0. The summed E-state index contributed by atoms with van der Waals surface area (Å²) in [6.45, 7) is 6.30. The van der Waals surface area contributed by atoms with Crippen LogP contribution in [0.1, 0.15) is 13.8 Å². The van der Waals surface area contributed by atoms with Crippen molar-refractivity contribution < 1.29 is 26.7 Å². The number of nitrogens with zero attached hydrogens (tertiary/aromatic N) is 2. The zero-order valence-electron chi connectivity index (χ0n) is 10.8. The summed E-state index contributed by atoms with van der Waals surface area (Å²) in [5.41, 5.74) is 0. The van der Waals surface area contributed by atoms with Gasteiger partial charge in [0.25, 0.3) is 0 Å². The standard InChI is InChI=1S/2C5H8N2.H2O4S/c2*1-2-7-4-3-6-5-7;1-5(2,3)4/h2*3-5H,2H2,1H3;(H2,1,2,3,4). The van der Waals surface area contributed by atoms with E-state index in [1.165, 1.54) is 0 Å². The van der Waals surface area contributed by atoms with Crippen LogP contribution in [-0.2, 0) is 23.5 Å². The number of nitrogens with one attached hydrogen (secondary N) is 2. The minimum absolute atomic E-state index is 1.05. The Morgan fingerprint density at radius 1 is 0.947 bits per heavy atom. The van der Waals surface area contributed by atoms with Crippen molar-refractivity contribution in [3.8, 4) is 0 Å². The first kappa shape index (κ1) is 17.3. The summed E-state index contributed by atoms with van der Waals surface area (Å²) in [6, 6.07) is 0. The Labute approximate surface area is 112 Å². The fourth-order valence-corrected chi connectivity index (χ4v) is 1.03. The second kappa shape index (κ2) is 9.25. The van der Waals surface area contributed by atoms with Gasteiger partial charge in [0, 0.05) is 10.4 Å². The first-order valence-corrected chi connectivity index (χ1v) is 6.90. The van der Waals surface area contributed by atoms with Crippen LogP contribution in [-0.4, -0.2) is 27.5 Å². The molecule has 8 nitrogen and oxygen atoms in total. The van der Waals surface area contributed by atoms with E-state index in [1.807, 2.05) is 37.4 Å². The van der Waals surface area contributed by atoms with Crippen LogP contribution in [0.3, 0.4) is 0 Å². The molecule has 0 amide bonds. The van der Waals surface area contributed by atoms with Crippen LogP contribution >= 0.6 is 0 Å². The number of imidazole rings is 2. The molecule has 19 heavy (non-hydrogen) atoms. The molecule has 0 saturated carbocycles. The van der Waals surface area contributed by atoms with Crippen molar-refractivity contribution in [2.45, 2.75) is 26.9 Å². The first-order valence-electron chi connectivity index (χ1n) is 5.57. The van der Waals surface area contributed by atoms with Gasteiger partial charge in [-0.2, -0.15) is 0 Å². The lowest BCUT2D eigenvalue weighted by Gasteiger charge is -2.06. The monoisotopic (exact) mass is 290 g/mol. The van der Waals surface area contributed by atoms with Crippen molar-refractivity contribution in [2.24, 2.45) is 0 Å². The van der Waals surface area contributed by atoms with E-state index in [1.54, 1.807) is 0 Å². The summed E-state index contributed by atoms with van der Waals surface area (Å²) in [4.78, 5) is 5.89. The molecule has 2 rings (SSSR count). The molecule has 0 aliphatic carbocycles. The number of aromatic nitrogens is 4. The fourth-order valence-electron chi connectivity index (χ4n) is 1.03. The highest BCUT2D eigenvalue weighted by Crippen LogP contribution is 1.66. The van der Waals surface area contributed by atoms with Crippen molar-refractivity contribution >= 4 is 10.4 Å². The van der Waals surface area contributed by atoms with Crippen LogP contribution in [0.4, 0.5) is 0 Å². The van der Waals surface area contributed by atoms with E-state index in [0.717, 1.165) is 13.1 Å². The molecule has 0 saturated heterocycles. The normalized spacial score (nSPS) is 9.89. The molecule has 0 bridgehead atoms. The molecule has 2 N–H and O–H groups in total. The van der Waals surface area contributed by atoms with Crippen LogP contribution in [0.2, 0.25) is 0 Å². The maximum Gasteiger partial charge on any atom is 0.241 e. The fraction of sp³-hybridized carbons (Fsp3) is 0.400. The van der Waals surface area contributed by atoms with Crippen LogP contribution in [0.5, 0.6) is 0 Å². The van der Waals surface area contributed by atoms with Crippen molar-refractivity contribution in [2.75, 3.05) is 0 Å². The number of H-pyrrole nitrogens is 2. The van der Waals surface area contributed by atoms with Crippen LogP contribution in [0.25, 0.3) is 0 Å². The van der Waals surface area contributed by atoms with Crippen LogP contribution < -0.4 is 9.13 Å². The quantitative estimate of drug-likeness (QED) is 0.432. The Balaban J connectivity index is 0.000000261. The van der Waals surface area contributed by atoms with Gasteiger partial charge in [-0.3, -0.25) is 18.4 Å². The molecule has 2 aromatic heterocycles. The minimum atomic E-state index is -5.17. The van der Waals surface area contributed by atoms with Crippen molar-refractivity contribution in [1.29, 1.82) is 0 Å². The van der Waals surface area contributed by atoms with E-state index in [9.17, 15) is 0 Å². The average Bonchev–Trinajstić information content (AvgIpc) is 3.01. The first-order chi connectivity index (χ1) is 8.86. The molecule has 0 atom stereocenters. The highest BCUT2D eigenvalue weighted by Gasteiger charge is 1.86. The Kier molecular flexibility index (Phi) is 8.42. The van der Waals surface area contributed by atoms with Gasteiger partial charge in [0.2, 0.25) is 12.7 Å². The topological polar surface area (TPSA) is 120 Å². The molecule has 9 heteroatoms. The molecule has 0 fully saturated rings. The van der Waals surface area contributed by atoms with Gasteiger partial charge in [-0.1, -0.05) is 0 Å². The molecule has 2 aromatic rings. The Morgan fingerprint density at radius 2 is 1.26 bits per heavy atom. The third-order valence-corrected chi connectivity index (χ3v) is 1.94. The molecule has 0 spiro atoms. The Morgan fingerprint density at radius 3 is 1.37 bits per heavy atom. The number of hydrogen-bond acceptors (Lipinski definition) is 4. The molecule has 108 valence electrons. The zero-order chi connectivity index (χ0) is 14.7. The molecular weight excluding hydrogens is 272 g/mol. The van der Waals surface area contributed by atoms with E-state index in [2.05, 4.69) is 32.9 Å². The number of hydrogen-bond donors (Lipinski definition) is 2. The Hall–Kier alpha value is -1.71. The summed E-state index contributed by atoms with van der Waals surface area (Å²) >= 11 is 0. The maximum atomic E-state index is 8.52. The smallest absolute Gasteiger partial charge is 0.241 e. The average molecular weight is 290 g/mol. The number of aromatic amines is 2. The molecule has 0 aliphatic heterocycles. The van der Waals surface area contributed by atoms with E-state index in [0.29, 0.717) is 0 Å². The van der Waals surface area contributed by atoms with E-state index < -0.39 is 10.4 Å². The van der Waals surface area contributed by atoms with E-state index in [-0.39, 0.29) is 0 Å².